The van der Waals surface area contributed by atoms with Crippen LogP contribution in [0.5, 0.6) is 5.75 Å². The van der Waals surface area contributed by atoms with Gasteiger partial charge < -0.3 is 10.1 Å². The van der Waals surface area contributed by atoms with Crippen LogP contribution in [0.15, 0.2) is 30.5 Å². The number of nitrogens with zero attached hydrogens (tertiary/aromatic N) is 2. The minimum atomic E-state index is -0.482. The van der Waals surface area contributed by atoms with E-state index in [2.05, 4.69) is 10.3 Å². The van der Waals surface area contributed by atoms with Crippen LogP contribution >= 0.6 is 11.6 Å². The van der Waals surface area contributed by atoms with Gasteiger partial charge in [-0.25, -0.2) is 9.37 Å². The third-order valence-corrected chi connectivity index (χ3v) is 2.89. The van der Waals surface area contributed by atoms with Gasteiger partial charge in [0, 0.05) is 18.0 Å². The summed E-state index contributed by atoms with van der Waals surface area (Å²) < 4.78 is 18.8. The van der Waals surface area contributed by atoms with Gasteiger partial charge in [-0.15, -0.1) is 0 Å². The van der Waals surface area contributed by atoms with Gasteiger partial charge in [0.05, 0.1) is 12.2 Å². The van der Waals surface area contributed by atoms with Crippen LogP contribution in [0.1, 0.15) is 12.5 Å². The highest BCUT2D eigenvalue weighted by Gasteiger charge is 2.09. The quantitative estimate of drug-likeness (QED) is 0.928. The lowest BCUT2D eigenvalue weighted by molar-refractivity contribution is 0.321. The maximum atomic E-state index is 13.7. The number of rotatable bonds is 4. The molecule has 102 valence electrons. The van der Waals surface area contributed by atoms with E-state index in [0.717, 1.165) is 0 Å². The Morgan fingerprint density at radius 3 is 2.90 bits per heavy atom. The second-order valence-corrected chi connectivity index (χ2v) is 4.21. The van der Waals surface area contributed by atoms with Crippen LogP contribution in [0.3, 0.4) is 0 Å². The van der Waals surface area contributed by atoms with Crippen molar-refractivity contribution < 1.29 is 9.13 Å². The lowest BCUT2D eigenvalue weighted by atomic mass is 10.2. The summed E-state index contributed by atoms with van der Waals surface area (Å²) in [5, 5.41) is 11.9. The fourth-order valence-electron chi connectivity index (χ4n) is 1.61. The van der Waals surface area contributed by atoms with Crippen LogP contribution in [0.4, 0.5) is 15.9 Å². The molecule has 0 bridgehead atoms. The molecule has 1 aromatic carbocycles. The Balaban J connectivity index is 2.27. The Labute approximate surface area is 120 Å². The van der Waals surface area contributed by atoms with Gasteiger partial charge in [0.25, 0.3) is 0 Å². The van der Waals surface area contributed by atoms with Gasteiger partial charge in [0.1, 0.15) is 11.1 Å². The Kier molecular flexibility index (Phi) is 4.38. The van der Waals surface area contributed by atoms with E-state index in [4.69, 9.17) is 21.6 Å². The number of hydrogen-bond donors (Lipinski definition) is 1. The van der Waals surface area contributed by atoms with E-state index in [0.29, 0.717) is 23.7 Å². The van der Waals surface area contributed by atoms with Crippen LogP contribution in [0, 0.1) is 17.1 Å². The maximum Gasteiger partial charge on any atom is 0.167 e. The van der Waals surface area contributed by atoms with Gasteiger partial charge in [-0.3, -0.25) is 0 Å². The minimum Gasteiger partial charge on any atom is -0.491 e. The second kappa shape index (κ2) is 6.22. The third kappa shape index (κ3) is 2.98. The van der Waals surface area contributed by atoms with Gasteiger partial charge in [0.2, 0.25) is 0 Å². The standard InChI is InChI=1S/C14H11ClFN3O/c1-2-20-12-4-3-10(7-11(12)16)19-14-13(15)9(8-17)5-6-18-14/h3-7H,2H2,1H3,(H,18,19). The van der Waals surface area contributed by atoms with E-state index in [1.807, 2.05) is 6.07 Å². The second-order valence-electron chi connectivity index (χ2n) is 3.84. The van der Waals surface area contributed by atoms with Crippen LogP contribution < -0.4 is 10.1 Å². The summed E-state index contributed by atoms with van der Waals surface area (Å²) in [6, 6.07) is 7.90. The number of nitrogens with one attached hydrogen (secondary N) is 1. The Morgan fingerprint density at radius 2 is 2.25 bits per heavy atom. The van der Waals surface area contributed by atoms with Crippen molar-refractivity contribution >= 4 is 23.1 Å². The summed E-state index contributed by atoms with van der Waals surface area (Å²) in [4.78, 5) is 4.02. The molecule has 0 fully saturated rings. The first-order valence-corrected chi connectivity index (χ1v) is 6.27. The van der Waals surface area contributed by atoms with Crippen molar-refractivity contribution in [3.63, 3.8) is 0 Å². The van der Waals surface area contributed by atoms with Gasteiger partial charge in [0.15, 0.2) is 17.4 Å². The Bertz CT molecular complexity index is 670. The smallest absolute Gasteiger partial charge is 0.167 e. The van der Waals surface area contributed by atoms with Crippen molar-refractivity contribution in [2.45, 2.75) is 6.92 Å². The van der Waals surface area contributed by atoms with Crippen molar-refractivity contribution in [2.24, 2.45) is 0 Å². The average molecular weight is 292 g/mol. The number of anilines is 2. The first kappa shape index (κ1) is 14.1. The number of ether oxygens (including phenoxy) is 1. The zero-order chi connectivity index (χ0) is 14.5. The fourth-order valence-corrected chi connectivity index (χ4v) is 1.81. The van der Waals surface area contributed by atoms with E-state index < -0.39 is 5.82 Å². The monoisotopic (exact) mass is 291 g/mol. The maximum absolute atomic E-state index is 13.7. The molecule has 2 rings (SSSR count). The van der Waals surface area contributed by atoms with E-state index in [-0.39, 0.29) is 10.8 Å². The Hall–Kier alpha value is -2.32. The summed E-state index contributed by atoms with van der Waals surface area (Å²) in [5.41, 5.74) is 0.769. The molecule has 0 aliphatic heterocycles. The summed E-state index contributed by atoms with van der Waals surface area (Å²) in [6.45, 7) is 2.17. The summed E-state index contributed by atoms with van der Waals surface area (Å²) >= 11 is 6.01. The molecule has 0 spiro atoms. The molecule has 20 heavy (non-hydrogen) atoms. The SMILES string of the molecule is CCOc1ccc(Nc2nccc(C#N)c2Cl)cc1F. The highest BCUT2D eigenvalue weighted by molar-refractivity contribution is 6.34. The molecule has 4 nitrogen and oxygen atoms in total. The topological polar surface area (TPSA) is 57.9 Å². The minimum absolute atomic E-state index is 0.183. The first-order valence-electron chi connectivity index (χ1n) is 5.89. The van der Waals surface area contributed by atoms with E-state index in [1.54, 1.807) is 13.0 Å². The molecular weight excluding hydrogens is 281 g/mol. The molecule has 1 heterocycles. The molecule has 6 heteroatoms. The van der Waals surface area contributed by atoms with E-state index in [9.17, 15) is 4.39 Å². The van der Waals surface area contributed by atoms with Crippen molar-refractivity contribution in [3.05, 3.63) is 46.9 Å². The molecule has 0 amide bonds. The van der Waals surface area contributed by atoms with Crippen LogP contribution in [0.25, 0.3) is 0 Å². The molecular formula is C14H11ClFN3O. The van der Waals surface area contributed by atoms with Crippen molar-refractivity contribution in [1.29, 1.82) is 5.26 Å². The van der Waals surface area contributed by atoms with Crippen molar-refractivity contribution in [2.75, 3.05) is 11.9 Å². The molecule has 0 unspecified atom stereocenters. The lowest BCUT2D eigenvalue weighted by Gasteiger charge is -2.10. The molecule has 2 aromatic rings. The highest BCUT2D eigenvalue weighted by atomic mass is 35.5. The number of aromatic nitrogens is 1. The molecule has 0 radical (unpaired) electrons. The van der Waals surface area contributed by atoms with Crippen molar-refractivity contribution in [3.8, 4) is 11.8 Å². The summed E-state index contributed by atoms with van der Waals surface area (Å²) in [5.74, 6) is 0.00145. The van der Waals surface area contributed by atoms with Gasteiger partial charge >= 0.3 is 0 Å². The molecule has 0 saturated carbocycles. The number of pyridine rings is 1. The van der Waals surface area contributed by atoms with Crippen LogP contribution in [-0.2, 0) is 0 Å². The largest absolute Gasteiger partial charge is 0.491 e. The molecule has 0 atom stereocenters. The third-order valence-electron chi connectivity index (χ3n) is 2.50. The Morgan fingerprint density at radius 1 is 1.45 bits per heavy atom. The first-order chi connectivity index (χ1) is 9.65. The van der Waals surface area contributed by atoms with Crippen molar-refractivity contribution in [1.82, 2.24) is 4.98 Å². The molecule has 1 N–H and O–H groups in total. The fraction of sp³-hybridized carbons (Fsp3) is 0.143. The molecule has 0 aliphatic rings. The summed E-state index contributed by atoms with van der Waals surface area (Å²) in [6.07, 6.45) is 1.46. The number of halogens is 2. The van der Waals surface area contributed by atoms with Gasteiger partial charge in [-0.1, -0.05) is 11.6 Å². The summed E-state index contributed by atoms with van der Waals surface area (Å²) in [7, 11) is 0. The van der Waals surface area contributed by atoms with Crippen LogP contribution in [0.2, 0.25) is 5.02 Å². The molecule has 0 aliphatic carbocycles. The number of hydrogen-bond acceptors (Lipinski definition) is 4. The van der Waals surface area contributed by atoms with Crippen LogP contribution in [-0.4, -0.2) is 11.6 Å². The number of nitriles is 1. The average Bonchev–Trinajstić information content (AvgIpc) is 2.44. The molecule has 0 saturated heterocycles. The predicted molar refractivity (Wildman–Crippen MR) is 74.8 cm³/mol. The zero-order valence-corrected chi connectivity index (χ0v) is 11.4. The molecule has 1 aromatic heterocycles. The zero-order valence-electron chi connectivity index (χ0n) is 10.7. The highest BCUT2D eigenvalue weighted by Crippen LogP contribution is 2.28. The van der Waals surface area contributed by atoms with E-state index in [1.165, 1.54) is 24.4 Å². The van der Waals surface area contributed by atoms with Gasteiger partial charge in [-0.2, -0.15) is 5.26 Å². The van der Waals surface area contributed by atoms with Gasteiger partial charge in [-0.05, 0) is 25.1 Å². The predicted octanol–water partition coefficient (Wildman–Crippen LogP) is 3.89. The number of benzene rings is 1. The normalized spacial score (nSPS) is 9.90. The van der Waals surface area contributed by atoms with E-state index >= 15 is 0 Å². The lowest BCUT2D eigenvalue weighted by Crippen LogP contribution is -1.98.